The Morgan fingerprint density at radius 3 is 2.03 bits per heavy atom. The maximum Gasteiger partial charge on any atom is 0.243 e. The van der Waals surface area contributed by atoms with Crippen LogP contribution in [-0.4, -0.2) is 127 Å². The van der Waals surface area contributed by atoms with Gasteiger partial charge in [-0.2, -0.15) is 0 Å². The number of hydrogen-bond acceptors (Lipinski definition) is 11. The average molecular weight is 977 g/mol. The molecule has 0 aliphatic carbocycles. The second kappa shape index (κ2) is 32.2. The SMILES string of the molecule is CCCC[C@H](NC(C)=O)C(=O)NC1CCC(=O)NCCC(C(=O)N[C@@H](Cc2c[nH]c3ccccc23)C(N)=O)NC(=O)CNC(=O)C(Cc2ccccc2)NC(=O)CNC1=O.CCCN=C(N)N.CCN. The van der Waals surface area contributed by atoms with Crippen molar-refractivity contribution in [3.63, 3.8) is 0 Å². The number of unbranched alkanes of at least 4 members (excludes halogenated alkanes) is 1. The molecule has 23 heteroatoms. The van der Waals surface area contributed by atoms with Gasteiger partial charge in [0.15, 0.2) is 5.96 Å². The number of benzene rings is 2. The summed E-state index contributed by atoms with van der Waals surface area (Å²) in [4.78, 5) is 125. The van der Waals surface area contributed by atoms with Crippen molar-refractivity contribution in [1.29, 1.82) is 0 Å². The van der Waals surface area contributed by atoms with Gasteiger partial charge in [-0.05, 0) is 49.4 Å². The lowest BCUT2D eigenvalue weighted by Gasteiger charge is -2.23. The number of rotatable bonds is 15. The van der Waals surface area contributed by atoms with Crippen molar-refractivity contribution in [3.05, 3.63) is 71.9 Å². The van der Waals surface area contributed by atoms with E-state index in [2.05, 4.69) is 52.5 Å². The molecule has 1 aliphatic heterocycles. The Morgan fingerprint density at radius 1 is 0.771 bits per heavy atom. The van der Waals surface area contributed by atoms with E-state index in [-0.39, 0.29) is 44.6 Å². The van der Waals surface area contributed by atoms with E-state index in [9.17, 15) is 43.2 Å². The fraction of sp³-hybridized carbons (Fsp3) is 0.489. The van der Waals surface area contributed by atoms with Gasteiger partial charge < -0.3 is 70.5 Å². The molecule has 3 aromatic rings. The summed E-state index contributed by atoms with van der Waals surface area (Å²) in [5, 5.41) is 21.3. The number of H-pyrrole nitrogens is 1. The number of fused-ring (bicyclic) bond motifs is 1. The second-order valence-corrected chi connectivity index (χ2v) is 16.2. The number of nitrogens with zero attached hydrogens (tertiary/aromatic N) is 1. The normalized spacial score (nSPS) is 17.9. The number of carbonyl (C=O) groups excluding carboxylic acids is 9. The summed E-state index contributed by atoms with van der Waals surface area (Å²) >= 11 is 0. The Bertz CT molecular complexity index is 2210. The van der Waals surface area contributed by atoms with E-state index in [1.54, 1.807) is 36.5 Å². The number of nitrogens with one attached hydrogen (secondary N) is 9. The van der Waals surface area contributed by atoms with E-state index in [4.69, 9.17) is 22.9 Å². The number of hydrogen-bond donors (Lipinski definition) is 13. The first-order chi connectivity index (χ1) is 33.4. The van der Waals surface area contributed by atoms with Gasteiger partial charge in [-0.3, -0.25) is 48.1 Å². The number of aromatic nitrogens is 1. The van der Waals surface area contributed by atoms with E-state index in [0.717, 1.165) is 36.8 Å². The molecule has 17 N–H and O–H groups in total. The molecule has 4 rings (SSSR count). The molecule has 2 aromatic carbocycles. The molecule has 384 valence electrons. The predicted molar refractivity (Wildman–Crippen MR) is 265 cm³/mol. The third kappa shape index (κ3) is 22.5. The van der Waals surface area contributed by atoms with Gasteiger partial charge in [0.1, 0.15) is 30.2 Å². The van der Waals surface area contributed by atoms with E-state index in [1.165, 1.54) is 6.92 Å². The third-order valence-corrected chi connectivity index (χ3v) is 10.3. The molecular formula is C47H72N14O9. The van der Waals surface area contributed by atoms with Gasteiger partial charge in [-0.1, -0.05) is 82.1 Å². The zero-order valence-electron chi connectivity index (χ0n) is 40.5. The van der Waals surface area contributed by atoms with Gasteiger partial charge in [0.25, 0.3) is 0 Å². The number of aliphatic imine (C=N–C) groups is 1. The minimum atomic E-state index is -1.33. The van der Waals surface area contributed by atoms with E-state index in [1.807, 2.05) is 45.0 Å². The van der Waals surface area contributed by atoms with Crippen molar-refractivity contribution in [1.82, 2.24) is 47.5 Å². The molecule has 70 heavy (non-hydrogen) atoms. The number of para-hydroxylation sites is 1. The lowest BCUT2D eigenvalue weighted by Crippen LogP contribution is -2.56. The highest BCUT2D eigenvalue weighted by atomic mass is 16.2. The largest absolute Gasteiger partial charge is 0.370 e. The molecule has 1 fully saturated rings. The zero-order valence-corrected chi connectivity index (χ0v) is 40.5. The molecule has 0 saturated carbocycles. The van der Waals surface area contributed by atoms with Crippen LogP contribution < -0.4 is 65.5 Å². The molecular weight excluding hydrogens is 905 g/mol. The van der Waals surface area contributed by atoms with Crippen molar-refractivity contribution < 1.29 is 43.2 Å². The molecule has 0 bridgehead atoms. The molecule has 9 amide bonds. The minimum absolute atomic E-state index is 0.0126. The summed E-state index contributed by atoms with van der Waals surface area (Å²) < 4.78 is 0. The first-order valence-electron chi connectivity index (χ1n) is 23.3. The predicted octanol–water partition coefficient (Wildman–Crippen LogP) is -1.76. The van der Waals surface area contributed by atoms with Crippen molar-refractivity contribution in [2.24, 2.45) is 27.9 Å². The number of amides is 9. The van der Waals surface area contributed by atoms with Crippen molar-refractivity contribution in [2.75, 3.05) is 32.7 Å². The molecule has 2 heterocycles. The molecule has 0 radical (unpaired) electrons. The average Bonchev–Trinajstić information content (AvgIpc) is 3.73. The maximum absolute atomic E-state index is 13.7. The molecule has 23 nitrogen and oxygen atoms in total. The minimum Gasteiger partial charge on any atom is -0.370 e. The van der Waals surface area contributed by atoms with Crippen LogP contribution >= 0.6 is 0 Å². The van der Waals surface area contributed by atoms with Crippen LogP contribution in [0.2, 0.25) is 0 Å². The van der Waals surface area contributed by atoms with E-state index < -0.39 is 96.5 Å². The van der Waals surface area contributed by atoms with Gasteiger partial charge in [-0.15, -0.1) is 0 Å². The summed E-state index contributed by atoms with van der Waals surface area (Å²) in [5.74, 6) is -6.22. The molecule has 1 saturated heterocycles. The Morgan fingerprint density at radius 2 is 1.41 bits per heavy atom. The summed E-state index contributed by atoms with van der Waals surface area (Å²) in [6, 6.07) is 10.1. The van der Waals surface area contributed by atoms with Gasteiger partial charge >= 0.3 is 0 Å². The smallest absolute Gasteiger partial charge is 0.243 e. The van der Waals surface area contributed by atoms with Gasteiger partial charge in [0, 0.05) is 56.4 Å². The van der Waals surface area contributed by atoms with Crippen LogP contribution in [0.15, 0.2) is 65.8 Å². The lowest BCUT2D eigenvalue weighted by molar-refractivity contribution is -0.133. The van der Waals surface area contributed by atoms with Crippen LogP contribution in [0, 0.1) is 0 Å². The van der Waals surface area contributed by atoms with Crippen LogP contribution in [-0.2, 0) is 56.0 Å². The summed E-state index contributed by atoms with van der Waals surface area (Å²) in [7, 11) is 0. The van der Waals surface area contributed by atoms with Crippen molar-refractivity contribution in [2.45, 2.75) is 116 Å². The monoisotopic (exact) mass is 977 g/mol. The quantitative estimate of drug-likeness (QED) is 0.0595. The number of guanidine groups is 1. The zero-order chi connectivity index (χ0) is 52.0. The Labute approximate surface area is 408 Å². The van der Waals surface area contributed by atoms with Crippen LogP contribution in [0.25, 0.3) is 10.9 Å². The third-order valence-electron chi connectivity index (χ3n) is 10.3. The van der Waals surface area contributed by atoms with E-state index >= 15 is 0 Å². The molecule has 1 aromatic heterocycles. The first-order valence-corrected chi connectivity index (χ1v) is 23.3. The molecule has 0 spiro atoms. The number of carbonyl (C=O) groups is 9. The highest BCUT2D eigenvalue weighted by Gasteiger charge is 2.30. The first kappa shape index (κ1) is 58.6. The fourth-order valence-corrected chi connectivity index (χ4v) is 6.84. The number of primary amides is 1. The Balaban J connectivity index is 0.00000152. The second-order valence-electron chi connectivity index (χ2n) is 16.2. The van der Waals surface area contributed by atoms with Crippen LogP contribution in [0.5, 0.6) is 0 Å². The molecule has 5 atom stereocenters. The van der Waals surface area contributed by atoms with Crippen LogP contribution in [0.1, 0.15) is 83.8 Å². The van der Waals surface area contributed by atoms with Crippen LogP contribution in [0.3, 0.4) is 0 Å². The Hall–Kier alpha value is -7.56. The van der Waals surface area contributed by atoms with Crippen molar-refractivity contribution in [3.8, 4) is 0 Å². The summed E-state index contributed by atoms with van der Waals surface area (Å²) in [6.45, 7) is 7.20. The molecule has 1 aliphatic rings. The van der Waals surface area contributed by atoms with Gasteiger partial charge in [0.05, 0.1) is 13.1 Å². The van der Waals surface area contributed by atoms with Crippen LogP contribution in [0.4, 0.5) is 0 Å². The van der Waals surface area contributed by atoms with E-state index in [0.29, 0.717) is 24.0 Å². The number of aromatic amines is 1. The topological polar surface area (TPSA) is 382 Å². The number of nitrogens with two attached hydrogens (primary N) is 4. The molecule has 3 unspecified atom stereocenters. The lowest BCUT2D eigenvalue weighted by atomic mass is 10.0. The highest BCUT2D eigenvalue weighted by molar-refractivity contribution is 5.96. The van der Waals surface area contributed by atoms with Crippen molar-refractivity contribution >= 4 is 70.0 Å². The van der Waals surface area contributed by atoms with Gasteiger partial charge in [0.2, 0.25) is 53.2 Å². The maximum atomic E-state index is 13.7. The fourth-order valence-electron chi connectivity index (χ4n) is 6.84. The Kier molecular flexibility index (Phi) is 27.0. The standard InChI is InChI=1S/C41H54N10O9.C4H11N3.C2H7N/c1-3-4-13-29(47-24(2)52)40(59)50-30-15-16-34(53)43-18-17-31(41(60)51-32(37(42)56)20-26-21-44-28-14-9-8-12-27(26)28)48-35(54)22-46-39(58)33(19-25-10-6-5-7-11-25)49-36(55)23-45-38(30)57;1-2-3-7-4(5)6;1-2-3/h5-12,14,21,29-33,44H,3-4,13,15-20,22-23H2,1-2H3,(H2,42,56)(H,43,53)(H,45,57)(H,46,58)(H,47,52)(H,48,54)(H,49,55)(H,50,59)(H,51,60);2-3H2,1H3,(H4,5,6,7);2-3H2,1H3/t29-,30?,31?,32-,33?;;/m0../s1. The van der Waals surface area contributed by atoms with Gasteiger partial charge in [-0.25, -0.2) is 0 Å². The summed E-state index contributed by atoms with van der Waals surface area (Å²) in [6.07, 6.45) is 3.68. The summed E-state index contributed by atoms with van der Waals surface area (Å²) in [5.41, 5.74) is 22.8. The highest BCUT2D eigenvalue weighted by Crippen LogP contribution is 2.19.